The number of benzene rings is 1. The molecule has 1 fully saturated rings. The molecule has 0 aromatic heterocycles. The lowest BCUT2D eigenvalue weighted by atomic mass is 10.0. The summed E-state index contributed by atoms with van der Waals surface area (Å²) in [5.74, 6) is -0.00330. The Morgan fingerprint density at radius 1 is 1.05 bits per heavy atom. The van der Waals surface area contributed by atoms with Crippen LogP contribution in [0.1, 0.15) is 43.4 Å². The molecule has 1 heterocycles. The summed E-state index contributed by atoms with van der Waals surface area (Å²) in [6.45, 7) is 8.47. The Morgan fingerprint density at radius 2 is 1.67 bits per heavy atom. The fourth-order valence-electron chi connectivity index (χ4n) is 3.05. The number of amides is 2. The number of nitrogens with zero attached hydrogens (tertiary/aromatic N) is 1. The first-order chi connectivity index (χ1) is 9.96. The summed E-state index contributed by atoms with van der Waals surface area (Å²) in [4.78, 5) is 26.5. The molecule has 0 radical (unpaired) electrons. The molecule has 0 spiro atoms. The second-order valence-electron chi connectivity index (χ2n) is 5.86. The molecule has 1 aliphatic heterocycles. The second kappa shape index (κ2) is 6.29. The molecule has 0 bridgehead atoms. The minimum absolute atomic E-state index is 0.0307. The zero-order valence-corrected chi connectivity index (χ0v) is 13.3. The lowest BCUT2D eigenvalue weighted by molar-refractivity contribution is -0.150. The van der Waals surface area contributed by atoms with Gasteiger partial charge < -0.3 is 10.2 Å². The van der Waals surface area contributed by atoms with Crippen LogP contribution in [-0.4, -0.2) is 28.8 Å². The van der Waals surface area contributed by atoms with Crippen molar-refractivity contribution in [3.8, 4) is 0 Å². The molecule has 2 atom stereocenters. The van der Waals surface area contributed by atoms with Crippen molar-refractivity contribution in [3.63, 3.8) is 0 Å². The maximum absolute atomic E-state index is 12.6. The number of hydrogen-bond acceptors (Lipinski definition) is 2. The predicted octanol–water partition coefficient (Wildman–Crippen LogP) is 2.32. The van der Waals surface area contributed by atoms with E-state index in [0.29, 0.717) is 19.4 Å². The molecule has 21 heavy (non-hydrogen) atoms. The Labute approximate surface area is 126 Å². The smallest absolute Gasteiger partial charge is 0.246 e. The summed E-state index contributed by atoms with van der Waals surface area (Å²) >= 11 is 0. The van der Waals surface area contributed by atoms with Crippen molar-refractivity contribution >= 4 is 11.8 Å². The Kier molecular flexibility index (Phi) is 4.66. The Morgan fingerprint density at radius 3 is 2.19 bits per heavy atom. The Balaban J connectivity index is 2.28. The van der Waals surface area contributed by atoms with Crippen molar-refractivity contribution < 1.29 is 9.59 Å². The minimum Gasteiger partial charge on any atom is -0.343 e. The third kappa shape index (κ3) is 3.26. The maximum Gasteiger partial charge on any atom is 0.246 e. The first-order valence-electron chi connectivity index (χ1n) is 7.64. The molecular formula is C17H24N2O2. The first kappa shape index (κ1) is 15.5. The van der Waals surface area contributed by atoms with Gasteiger partial charge in [0.15, 0.2) is 0 Å². The van der Waals surface area contributed by atoms with E-state index in [1.54, 1.807) is 4.90 Å². The number of hydrogen-bond donors (Lipinski definition) is 1. The molecule has 1 saturated heterocycles. The zero-order chi connectivity index (χ0) is 15.6. The lowest BCUT2D eigenvalue weighted by Crippen LogP contribution is -2.62. The van der Waals surface area contributed by atoms with Gasteiger partial charge in [-0.2, -0.15) is 0 Å². The summed E-state index contributed by atoms with van der Waals surface area (Å²) in [7, 11) is 0. The molecule has 0 aliphatic carbocycles. The van der Waals surface area contributed by atoms with E-state index in [2.05, 4.69) is 23.5 Å². The van der Waals surface area contributed by atoms with Crippen LogP contribution >= 0.6 is 0 Å². The fraction of sp³-hybridized carbons (Fsp3) is 0.529. The van der Waals surface area contributed by atoms with Gasteiger partial charge in [-0.15, -0.1) is 0 Å². The van der Waals surface area contributed by atoms with Crippen LogP contribution in [0.4, 0.5) is 0 Å². The van der Waals surface area contributed by atoms with Gasteiger partial charge in [0.1, 0.15) is 12.1 Å². The van der Waals surface area contributed by atoms with Gasteiger partial charge in [-0.1, -0.05) is 43.2 Å². The molecule has 1 aliphatic rings. The lowest BCUT2D eigenvalue weighted by Gasteiger charge is -2.38. The van der Waals surface area contributed by atoms with Gasteiger partial charge in [0, 0.05) is 6.54 Å². The van der Waals surface area contributed by atoms with E-state index in [0.717, 1.165) is 5.56 Å². The number of piperazine rings is 1. The van der Waals surface area contributed by atoms with E-state index in [1.165, 1.54) is 11.1 Å². The van der Waals surface area contributed by atoms with Crippen LogP contribution in [0.5, 0.6) is 0 Å². The maximum atomic E-state index is 12.6. The van der Waals surface area contributed by atoms with E-state index >= 15 is 0 Å². The monoisotopic (exact) mass is 288 g/mol. The normalized spacial score (nSPS) is 22.4. The fourth-order valence-corrected chi connectivity index (χ4v) is 3.05. The number of aryl methyl sites for hydroxylation is 2. The van der Waals surface area contributed by atoms with E-state index in [4.69, 9.17) is 0 Å². The first-order valence-corrected chi connectivity index (χ1v) is 7.64. The summed E-state index contributed by atoms with van der Waals surface area (Å²) < 4.78 is 0. The topological polar surface area (TPSA) is 49.4 Å². The van der Waals surface area contributed by atoms with Crippen LogP contribution in [0.3, 0.4) is 0 Å². The highest BCUT2D eigenvalue weighted by Gasteiger charge is 2.38. The van der Waals surface area contributed by atoms with Crippen molar-refractivity contribution in [2.24, 2.45) is 0 Å². The highest BCUT2D eigenvalue weighted by atomic mass is 16.2. The number of carbonyl (C=O) groups excluding carboxylic acids is 2. The van der Waals surface area contributed by atoms with Crippen LogP contribution in [0, 0.1) is 13.8 Å². The van der Waals surface area contributed by atoms with Gasteiger partial charge in [0.2, 0.25) is 11.8 Å². The molecule has 114 valence electrons. The molecule has 4 heteroatoms. The van der Waals surface area contributed by atoms with Gasteiger partial charge in [-0.25, -0.2) is 0 Å². The molecule has 2 unspecified atom stereocenters. The molecule has 1 N–H and O–H groups in total. The summed E-state index contributed by atoms with van der Waals surface area (Å²) in [5.41, 5.74) is 3.45. The van der Waals surface area contributed by atoms with Crippen LogP contribution < -0.4 is 5.32 Å². The van der Waals surface area contributed by atoms with Crippen molar-refractivity contribution in [2.45, 2.75) is 59.2 Å². The van der Waals surface area contributed by atoms with Gasteiger partial charge >= 0.3 is 0 Å². The third-order valence-electron chi connectivity index (χ3n) is 4.01. The van der Waals surface area contributed by atoms with Crippen LogP contribution in [0.15, 0.2) is 18.2 Å². The predicted molar refractivity (Wildman–Crippen MR) is 82.8 cm³/mol. The average molecular weight is 288 g/mol. The summed E-state index contributed by atoms with van der Waals surface area (Å²) in [6.07, 6.45) is 1.27. The Hall–Kier alpha value is -1.84. The van der Waals surface area contributed by atoms with Crippen molar-refractivity contribution in [1.82, 2.24) is 10.2 Å². The quantitative estimate of drug-likeness (QED) is 0.924. The molecular weight excluding hydrogens is 264 g/mol. The number of carbonyl (C=O) groups is 2. The van der Waals surface area contributed by atoms with E-state index in [9.17, 15) is 9.59 Å². The van der Waals surface area contributed by atoms with Crippen molar-refractivity contribution in [2.75, 3.05) is 0 Å². The van der Waals surface area contributed by atoms with Crippen LogP contribution in [0.2, 0.25) is 0 Å². The zero-order valence-electron chi connectivity index (χ0n) is 13.3. The van der Waals surface area contributed by atoms with Crippen LogP contribution in [-0.2, 0) is 16.1 Å². The second-order valence-corrected chi connectivity index (χ2v) is 5.86. The summed E-state index contributed by atoms with van der Waals surface area (Å²) in [6, 6.07) is 5.54. The number of rotatable bonds is 4. The standard InChI is InChI=1S/C17H24N2O2/c1-5-14-17(21)19(15(6-2)16(20)18-14)10-13-8-11(3)7-12(4)9-13/h7-9,14-15H,5-6,10H2,1-4H3,(H,18,20). The van der Waals surface area contributed by atoms with Gasteiger partial charge in [-0.05, 0) is 32.3 Å². The third-order valence-corrected chi connectivity index (χ3v) is 4.01. The molecule has 4 nitrogen and oxygen atoms in total. The minimum atomic E-state index is -0.383. The highest BCUT2D eigenvalue weighted by Crippen LogP contribution is 2.19. The number of nitrogens with one attached hydrogen (secondary N) is 1. The highest BCUT2D eigenvalue weighted by molar-refractivity contribution is 5.96. The van der Waals surface area contributed by atoms with Gasteiger partial charge in [-0.3, -0.25) is 9.59 Å². The molecule has 0 saturated carbocycles. The molecule has 2 rings (SSSR count). The molecule has 1 aromatic carbocycles. The van der Waals surface area contributed by atoms with E-state index in [1.807, 2.05) is 27.7 Å². The molecule has 1 aromatic rings. The van der Waals surface area contributed by atoms with Crippen molar-refractivity contribution in [3.05, 3.63) is 34.9 Å². The van der Waals surface area contributed by atoms with E-state index in [-0.39, 0.29) is 23.9 Å². The van der Waals surface area contributed by atoms with Gasteiger partial charge in [0.25, 0.3) is 0 Å². The average Bonchev–Trinajstić information content (AvgIpc) is 2.41. The van der Waals surface area contributed by atoms with Crippen molar-refractivity contribution in [1.29, 1.82) is 0 Å². The SMILES string of the molecule is CCC1NC(=O)C(CC)N(Cc2cc(C)cc(C)c2)C1=O. The van der Waals surface area contributed by atoms with Crippen LogP contribution in [0.25, 0.3) is 0 Å². The summed E-state index contributed by atoms with van der Waals surface area (Å²) in [5, 5.41) is 2.83. The van der Waals surface area contributed by atoms with Gasteiger partial charge in [0.05, 0.1) is 0 Å². The molecule has 2 amide bonds. The Bertz CT molecular complexity index is 533. The largest absolute Gasteiger partial charge is 0.343 e. The van der Waals surface area contributed by atoms with E-state index < -0.39 is 0 Å².